The fraction of sp³-hybridized carbons (Fsp3) is 0.429. The molecule has 0 unspecified atom stereocenters. The van der Waals surface area contributed by atoms with Gasteiger partial charge in [-0.05, 0) is 44.9 Å². The molecule has 0 N–H and O–H groups in total. The number of ether oxygens (including phenoxy) is 1. The van der Waals surface area contributed by atoms with Gasteiger partial charge in [0.05, 0.1) is 12.5 Å². The molecule has 3 nitrogen and oxygen atoms in total. The molecule has 17 heavy (non-hydrogen) atoms. The largest absolute Gasteiger partial charge is 0.494 e. The van der Waals surface area contributed by atoms with E-state index in [4.69, 9.17) is 4.74 Å². The molecule has 0 aliphatic rings. The minimum Gasteiger partial charge on any atom is -0.494 e. The van der Waals surface area contributed by atoms with E-state index in [9.17, 15) is 9.59 Å². The van der Waals surface area contributed by atoms with Crippen LogP contribution in [0.5, 0.6) is 5.75 Å². The Morgan fingerprint density at radius 2 is 1.65 bits per heavy atom. The topological polar surface area (TPSA) is 43.4 Å². The van der Waals surface area contributed by atoms with Crippen LogP contribution < -0.4 is 4.74 Å². The lowest BCUT2D eigenvalue weighted by Crippen LogP contribution is -2.21. The molecule has 3 heteroatoms. The molecule has 0 aliphatic carbocycles. The highest BCUT2D eigenvalue weighted by Crippen LogP contribution is 2.16. The summed E-state index contributed by atoms with van der Waals surface area (Å²) in [6.07, 6.45) is 0.469. The van der Waals surface area contributed by atoms with Crippen LogP contribution in [0.25, 0.3) is 0 Å². The molecular formula is C14H18O3. The molecule has 0 aromatic heterocycles. The van der Waals surface area contributed by atoms with Crippen molar-refractivity contribution in [2.75, 3.05) is 6.61 Å². The summed E-state index contributed by atoms with van der Waals surface area (Å²) < 4.78 is 5.33. The van der Waals surface area contributed by atoms with Gasteiger partial charge in [0.15, 0.2) is 0 Å². The summed E-state index contributed by atoms with van der Waals surface area (Å²) in [5.41, 5.74) is 0.976. The van der Waals surface area contributed by atoms with Crippen LogP contribution >= 0.6 is 0 Å². The third-order valence-electron chi connectivity index (χ3n) is 2.66. The van der Waals surface area contributed by atoms with Crippen molar-refractivity contribution < 1.29 is 14.3 Å². The maximum atomic E-state index is 11.3. The van der Waals surface area contributed by atoms with Crippen LogP contribution in [-0.4, -0.2) is 18.2 Å². The number of carbonyl (C=O) groups excluding carboxylic acids is 2. The molecule has 0 fully saturated rings. The summed E-state index contributed by atoms with van der Waals surface area (Å²) >= 11 is 0. The number of rotatable bonds is 6. The fourth-order valence-corrected chi connectivity index (χ4v) is 1.70. The zero-order valence-electron chi connectivity index (χ0n) is 10.5. The van der Waals surface area contributed by atoms with Crippen LogP contribution in [0, 0.1) is 5.92 Å². The second-order valence-electron chi connectivity index (χ2n) is 4.05. The molecule has 0 aliphatic heterocycles. The molecule has 92 valence electrons. The van der Waals surface area contributed by atoms with Crippen LogP contribution in [0.1, 0.15) is 26.3 Å². The summed E-state index contributed by atoms with van der Waals surface area (Å²) in [4.78, 5) is 22.6. The van der Waals surface area contributed by atoms with Gasteiger partial charge in [0, 0.05) is 0 Å². The third-order valence-corrected chi connectivity index (χ3v) is 2.66. The first kappa shape index (κ1) is 13.4. The molecule has 0 radical (unpaired) electrons. The van der Waals surface area contributed by atoms with Crippen LogP contribution in [-0.2, 0) is 16.0 Å². The van der Waals surface area contributed by atoms with Crippen molar-refractivity contribution in [1.82, 2.24) is 0 Å². The average molecular weight is 234 g/mol. The van der Waals surface area contributed by atoms with Gasteiger partial charge in [-0.2, -0.15) is 0 Å². The van der Waals surface area contributed by atoms with E-state index in [0.717, 1.165) is 11.3 Å². The van der Waals surface area contributed by atoms with Gasteiger partial charge in [-0.1, -0.05) is 12.1 Å². The molecule has 1 aromatic carbocycles. The highest BCUT2D eigenvalue weighted by Gasteiger charge is 2.19. The SMILES string of the molecule is CCOc1ccc(CC(C(C)=O)C(C)=O)cc1. The Labute approximate surface area is 102 Å². The highest BCUT2D eigenvalue weighted by atomic mass is 16.5. The molecule has 0 amide bonds. The van der Waals surface area contributed by atoms with Gasteiger partial charge in [-0.25, -0.2) is 0 Å². The number of hydrogen-bond donors (Lipinski definition) is 0. The second kappa shape index (κ2) is 6.18. The Morgan fingerprint density at radius 1 is 1.12 bits per heavy atom. The average Bonchev–Trinajstić information content (AvgIpc) is 2.27. The van der Waals surface area contributed by atoms with Crippen LogP contribution in [0.15, 0.2) is 24.3 Å². The molecule has 1 aromatic rings. The van der Waals surface area contributed by atoms with E-state index in [0.29, 0.717) is 13.0 Å². The van der Waals surface area contributed by atoms with Crippen LogP contribution in [0.2, 0.25) is 0 Å². The summed E-state index contributed by atoms with van der Waals surface area (Å²) in [5.74, 6) is 0.129. The Kier molecular flexibility index (Phi) is 4.88. The zero-order valence-corrected chi connectivity index (χ0v) is 10.5. The predicted molar refractivity (Wildman–Crippen MR) is 66.2 cm³/mol. The van der Waals surface area contributed by atoms with Gasteiger partial charge in [-0.15, -0.1) is 0 Å². The van der Waals surface area contributed by atoms with Crippen molar-refractivity contribution in [2.45, 2.75) is 27.2 Å². The van der Waals surface area contributed by atoms with Gasteiger partial charge < -0.3 is 4.74 Å². The molecule has 0 heterocycles. The van der Waals surface area contributed by atoms with E-state index in [-0.39, 0.29) is 11.6 Å². The van der Waals surface area contributed by atoms with E-state index in [1.807, 2.05) is 31.2 Å². The van der Waals surface area contributed by atoms with E-state index >= 15 is 0 Å². The van der Waals surface area contributed by atoms with Gasteiger partial charge in [-0.3, -0.25) is 9.59 Å². The lowest BCUT2D eigenvalue weighted by molar-refractivity contribution is -0.130. The lowest BCUT2D eigenvalue weighted by atomic mass is 9.93. The number of ketones is 2. The Bertz CT molecular complexity index is 378. The monoisotopic (exact) mass is 234 g/mol. The molecule has 0 saturated carbocycles. The number of hydrogen-bond acceptors (Lipinski definition) is 3. The van der Waals surface area contributed by atoms with E-state index in [1.165, 1.54) is 13.8 Å². The quantitative estimate of drug-likeness (QED) is 0.710. The number of benzene rings is 1. The molecule has 1 rings (SSSR count). The van der Waals surface area contributed by atoms with Gasteiger partial charge >= 0.3 is 0 Å². The van der Waals surface area contributed by atoms with Crippen molar-refractivity contribution in [2.24, 2.45) is 5.92 Å². The third kappa shape index (κ3) is 4.02. The van der Waals surface area contributed by atoms with Crippen molar-refractivity contribution in [3.05, 3.63) is 29.8 Å². The summed E-state index contributed by atoms with van der Waals surface area (Å²) in [7, 11) is 0. The normalized spacial score (nSPS) is 10.4. The van der Waals surface area contributed by atoms with E-state index in [1.54, 1.807) is 0 Å². The molecule has 0 atom stereocenters. The van der Waals surface area contributed by atoms with Crippen LogP contribution in [0.3, 0.4) is 0 Å². The van der Waals surface area contributed by atoms with Gasteiger partial charge in [0.1, 0.15) is 17.3 Å². The fourth-order valence-electron chi connectivity index (χ4n) is 1.70. The van der Waals surface area contributed by atoms with E-state index in [2.05, 4.69) is 0 Å². The molecule has 0 bridgehead atoms. The van der Waals surface area contributed by atoms with Crippen molar-refractivity contribution in [1.29, 1.82) is 0 Å². The summed E-state index contributed by atoms with van der Waals surface area (Å²) in [6, 6.07) is 7.50. The maximum absolute atomic E-state index is 11.3. The van der Waals surface area contributed by atoms with Crippen molar-refractivity contribution in [3.8, 4) is 5.75 Å². The van der Waals surface area contributed by atoms with Crippen molar-refractivity contribution in [3.63, 3.8) is 0 Å². The maximum Gasteiger partial charge on any atom is 0.140 e. The van der Waals surface area contributed by atoms with Crippen molar-refractivity contribution >= 4 is 11.6 Å². The number of carbonyl (C=O) groups is 2. The first-order valence-corrected chi connectivity index (χ1v) is 5.77. The summed E-state index contributed by atoms with van der Waals surface area (Å²) in [5, 5.41) is 0. The second-order valence-corrected chi connectivity index (χ2v) is 4.05. The van der Waals surface area contributed by atoms with Crippen LogP contribution in [0.4, 0.5) is 0 Å². The Balaban J connectivity index is 2.73. The summed E-state index contributed by atoms with van der Waals surface area (Å²) in [6.45, 7) is 5.47. The minimum absolute atomic E-state index is 0.0774. The first-order valence-electron chi connectivity index (χ1n) is 5.77. The smallest absolute Gasteiger partial charge is 0.140 e. The van der Waals surface area contributed by atoms with E-state index < -0.39 is 5.92 Å². The Hall–Kier alpha value is -1.64. The standard InChI is InChI=1S/C14H18O3/c1-4-17-13-7-5-12(6-8-13)9-14(10(2)15)11(3)16/h5-8,14H,4,9H2,1-3H3. The molecule has 0 saturated heterocycles. The Morgan fingerprint density at radius 3 is 2.06 bits per heavy atom. The number of Topliss-reactive ketones (excluding diaryl/α,β-unsaturated/α-hetero) is 2. The van der Waals surface area contributed by atoms with Gasteiger partial charge in [0.2, 0.25) is 0 Å². The predicted octanol–water partition coefficient (Wildman–Crippen LogP) is 2.42. The first-order chi connectivity index (χ1) is 8.04. The zero-order chi connectivity index (χ0) is 12.8. The lowest BCUT2D eigenvalue weighted by Gasteiger charge is -2.10. The minimum atomic E-state index is -0.520. The molecule has 0 spiro atoms. The van der Waals surface area contributed by atoms with Gasteiger partial charge in [0.25, 0.3) is 0 Å². The molecular weight excluding hydrogens is 216 g/mol. The highest BCUT2D eigenvalue weighted by molar-refractivity contribution is 6.00.